The molecule has 4 rings (SSSR count). The predicted molar refractivity (Wildman–Crippen MR) is 119 cm³/mol. The van der Waals surface area contributed by atoms with E-state index in [0.717, 1.165) is 22.9 Å². The van der Waals surface area contributed by atoms with E-state index in [1.165, 1.54) is 6.33 Å². The molecule has 8 heteroatoms. The second-order valence-corrected chi connectivity index (χ2v) is 6.96. The fourth-order valence-electron chi connectivity index (χ4n) is 2.93. The number of aryl methyl sites for hydroxylation is 2. The zero-order valence-corrected chi connectivity index (χ0v) is 17.2. The van der Waals surface area contributed by atoms with E-state index in [2.05, 4.69) is 25.6 Å². The van der Waals surface area contributed by atoms with Crippen LogP contribution < -0.4 is 15.4 Å². The molecule has 31 heavy (non-hydrogen) atoms. The van der Waals surface area contributed by atoms with Crippen molar-refractivity contribution in [2.24, 2.45) is 0 Å². The van der Waals surface area contributed by atoms with Crippen molar-refractivity contribution in [2.75, 3.05) is 17.2 Å². The lowest BCUT2D eigenvalue weighted by Gasteiger charge is -2.10. The van der Waals surface area contributed by atoms with E-state index in [1.807, 2.05) is 79.2 Å². The van der Waals surface area contributed by atoms with Crippen molar-refractivity contribution in [2.45, 2.75) is 13.8 Å². The molecule has 0 aliphatic rings. The Morgan fingerprint density at radius 3 is 2.42 bits per heavy atom. The second-order valence-electron chi connectivity index (χ2n) is 6.96. The van der Waals surface area contributed by atoms with E-state index >= 15 is 0 Å². The molecule has 0 radical (unpaired) electrons. The molecule has 0 spiro atoms. The van der Waals surface area contributed by atoms with Gasteiger partial charge in [0.15, 0.2) is 6.61 Å². The van der Waals surface area contributed by atoms with Crippen LogP contribution in [0.15, 0.2) is 73.3 Å². The van der Waals surface area contributed by atoms with Crippen LogP contribution >= 0.6 is 0 Å². The predicted octanol–water partition coefficient (Wildman–Crippen LogP) is 4.04. The number of nitrogens with zero attached hydrogens (tertiary/aromatic N) is 4. The number of carbonyl (C=O) groups excluding carboxylic acids is 1. The van der Waals surface area contributed by atoms with Crippen LogP contribution in [0.25, 0.3) is 5.82 Å². The van der Waals surface area contributed by atoms with E-state index < -0.39 is 0 Å². The van der Waals surface area contributed by atoms with Gasteiger partial charge in [0.25, 0.3) is 5.91 Å². The highest BCUT2D eigenvalue weighted by molar-refractivity contribution is 5.92. The summed E-state index contributed by atoms with van der Waals surface area (Å²) >= 11 is 0. The molecule has 0 fully saturated rings. The van der Waals surface area contributed by atoms with Gasteiger partial charge < -0.3 is 15.4 Å². The van der Waals surface area contributed by atoms with Gasteiger partial charge in [-0.2, -0.15) is 0 Å². The topological polar surface area (TPSA) is 94.0 Å². The number of imidazole rings is 1. The smallest absolute Gasteiger partial charge is 0.262 e. The molecule has 0 aliphatic carbocycles. The van der Waals surface area contributed by atoms with Crippen molar-refractivity contribution in [1.82, 2.24) is 19.5 Å². The standard InChI is InChI=1S/C23H22N6O2/c1-16-3-9-20(10-4-16)31-14-23(30)28-19-7-5-18(6-8-19)27-21-13-22(26-15-25-21)29-12-11-24-17(29)2/h3-13,15H,14H2,1-2H3,(H,28,30)(H,25,26,27). The number of hydrogen-bond acceptors (Lipinski definition) is 6. The molecule has 0 saturated heterocycles. The second kappa shape index (κ2) is 9.08. The zero-order valence-electron chi connectivity index (χ0n) is 17.2. The Labute approximate surface area is 180 Å². The summed E-state index contributed by atoms with van der Waals surface area (Å²) in [6.45, 7) is 3.85. The molecular formula is C23H22N6O2. The van der Waals surface area contributed by atoms with Crippen LogP contribution in [0.4, 0.5) is 17.2 Å². The first-order valence-electron chi connectivity index (χ1n) is 9.75. The van der Waals surface area contributed by atoms with Crippen LogP contribution in [0.3, 0.4) is 0 Å². The highest BCUT2D eigenvalue weighted by atomic mass is 16.5. The quantitative estimate of drug-likeness (QED) is 0.474. The van der Waals surface area contributed by atoms with Gasteiger partial charge in [0.1, 0.15) is 29.5 Å². The van der Waals surface area contributed by atoms with Gasteiger partial charge in [-0.05, 0) is 50.2 Å². The fourth-order valence-corrected chi connectivity index (χ4v) is 2.93. The van der Waals surface area contributed by atoms with Crippen LogP contribution in [0.5, 0.6) is 5.75 Å². The van der Waals surface area contributed by atoms with Crippen LogP contribution in [0.2, 0.25) is 0 Å². The molecule has 2 heterocycles. The van der Waals surface area contributed by atoms with Crippen LogP contribution in [-0.2, 0) is 4.79 Å². The van der Waals surface area contributed by atoms with Crippen LogP contribution in [0.1, 0.15) is 11.4 Å². The maximum absolute atomic E-state index is 12.1. The number of amides is 1. The number of aromatic nitrogens is 4. The number of carbonyl (C=O) groups is 1. The Balaban J connectivity index is 1.33. The van der Waals surface area contributed by atoms with Gasteiger partial charge in [0.05, 0.1) is 0 Å². The molecule has 2 N–H and O–H groups in total. The minimum atomic E-state index is -0.225. The summed E-state index contributed by atoms with van der Waals surface area (Å²) in [6.07, 6.45) is 5.07. The minimum Gasteiger partial charge on any atom is -0.484 e. The Hall–Kier alpha value is -4.20. The van der Waals surface area contributed by atoms with E-state index in [1.54, 1.807) is 6.20 Å². The van der Waals surface area contributed by atoms with Crippen molar-refractivity contribution in [1.29, 1.82) is 0 Å². The number of anilines is 3. The zero-order chi connectivity index (χ0) is 21.6. The lowest BCUT2D eigenvalue weighted by molar-refractivity contribution is -0.118. The van der Waals surface area contributed by atoms with E-state index in [4.69, 9.17) is 4.74 Å². The fraction of sp³-hybridized carbons (Fsp3) is 0.130. The molecule has 0 bridgehead atoms. The average molecular weight is 414 g/mol. The lowest BCUT2D eigenvalue weighted by atomic mass is 10.2. The van der Waals surface area contributed by atoms with Crippen molar-refractivity contribution < 1.29 is 9.53 Å². The van der Waals surface area contributed by atoms with Gasteiger partial charge in [-0.25, -0.2) is 15.0 Å². The first-order valence-corrected chi connectivity index (χ1v) is 9.75. The molecule has 2 aromatic carbocycles. The summed E-state index contributed by atoms with van der Waals surface area (Å²) in [6, 6.07) is 16.8. The molecule has 0 saturated carbocycles. The van der Waals surface area contributed by atoms with Gasteiger partial charge in [0.2, 0.25) is 0 Å². The van der Waals surface area contributed by atoms with E-state index in [0.29, 0.717) is 17.3 Å². The van der Waals surface area contributed by atoms with Gasteiger partial charge in [-0.3, -0.25) is 9.36 Å². The molecule has 0 unspecified atom stereocenters. The molecule has 156 valence electrons. The van der Waals surface area contributed by atoms with Gasteiger partial charge in [0, 0.05) is 29.8 Å². The summed E-state index contributed by atoms with van der Waals surface area (Å²) < 4.78 is 7.38. The molecular weight excluding hydrogens is 392 g/mol. The lowest BCUT2D eigenvalue weighted by Crippen LogP contribution is -2.20. The molecule has 0 aliphatic heterocycles. The largest absolute Gasteiger partial charge is 0.484 e. The summed E-state index contributed by atoms with van der Waals surface area (Å²) in [4.78, 5) is 24.9. The minimum absolute atomic E-state index is 0.0551. The SMILES string of the molecule is Cc1ccc(OCC(=O)Nc2ccc(Nc3cc(-n4ccnc4C)ncn3)cc2)cc1. The summed E-state index contributed by atoms with van der Waals surface area (Å²) in [5.74, 6) is 2.66. The van der Waals surface area contributed by atoms with Crippen LogP contribution in [-0.4, -0.2) is 32.0 Å². The monoisotopic (exact) mass is 414 g/mol. The van der Waals surface area contributed by atoms with Crippen molar-refractivity contribution >= 4 is 23.1 Å². The van der Waals surface area contributed by atoms with Gasteiger partial charge in [-0.15, -0.1) is 0 Å². The number of rotatable bonds is 7. The third-order valence-electron chi connectivity index (χ3n) is 4.56. The highest BCUT2D eigenvalue weighted by Gasteiger charge is 2.06. The van der Waals surface area contributed by atoms with Gasteiger partial charge >= 0.3 is 0 Å². The number of nitrogens with one attached hydrogen (secondary N) is 2. The van der Waals surface area contributed by atoms with E-state index in [9.17, 15) is 4.79 Å². The molecule has 0 atom stereocenters. The Bertz CT molecular complexity index is 1170. The number of benzene rings is 2. The normalized spacial score (nSPS) is 10.5. The van der Waals surface area contributed by atoms with Crippen molar-refractivity contribution in [3.8, 4) is 11.6 Å². The molecule has 2 aromatic heterocycles. The molecule has 4 aromatic rings. The first-order chi connectivity index (χ1) is 15.1. The van der Waals surface area contributed by atoms with Gasteiger partial charge in [-0.1, -0.05) is 17.7 Å². The summed E-state index contributed by atoms with van der Waals surface area (Å²) in [5.41, 5.74) is 2.65. The maximum atomic E-state index is 12.1. The number of ether oxygens (including phenoxy) is 1. The van der Waals surface area contributed by atoms with Crippen molar-refractivity contribution in [3.63, 3.8) is 0 Å². The average Bonchev–Trinajstić information content (AvgIpc) is 3.21. The molecule has 8 nitrogen and oxygen atoms in total. The molecule has 1 amide bonds. The summed E-state index contributed by atoms with van der Waals surface area (Å²) in [5, 5.41) is 6.06. The Morgan fingerprint density at radius 1 is 0.968 bits per heavy atom. The third kappa shape index (κ3) is 5.24. The first kappa shape index (κ1) is 20.1. The van der Waals surface area contributed by atoms with E-state index in [-0.39, 0.29) is 12.5 Å². The third-order valence-corrected chi connectivity index (χ3v) is 4.56. The highest BCUT2D eigenvalue weighted by Crippen LogP contribution is 2.19. The van der Waals surface area contributed by atoms with Crippen molar-refractivity contribution in [3.05, 3.63) is 84.7 Å². The Morgan fingerprint density at radius 2 is 1.71 bits per heavy atom. The number of hydrogen-bond donors (Lipinski definition) is 2. The maximum Gasteiger partial charge on any atom is 0.262 e. The summed E-state index contributed by atoms with van der Waals surface area (Å²) in [7, 11) is 0. The Kier molecular flexibility index (Phi) is 5.89. The van der Waals surface area contributed by atoms with Crippen LogP contribution in [0, 0.1) is 13.8 Å².